The molecule has 2 N–H and O–H groups in total. The number of benzene rings is 2. The molecule has 1 heterocycles. The van der Waals surface area contributed by atoms with Gasteiger partial charge in [0.1, 0.15) is 23.4 Å². The smallest absolute Gasteiger partial charge is 0.130 e. The summed E-state index contributed by atoms with van der Waals surface area (Å²) in [6.45, 7) is 4.10. The van der Waals surface area contributed by atoms with Crippen molar-refractivity contribution in [2.45, 2.75) is 39.2 Å². The highest BCUT2D eigenvalue weighted by Gasteiger charge is 2.24. The van der Waals surface area contributed by atoms with Crippen molar-refractivity contribution in [3.63, 3.8) is 0 Å². The van der Waals surface area contributed by atoms with Crippen molar-refractivity contribution < 1.29 is 14.9 Å². The summed E-state index contributed by atoms with van der Waals surface area (Å²) < 4.78 is 6.23. The van der Waals surface area contributed by atoms with Crippen molar-refractivity contribution in [3.05, 3.63) is 64.7 Å². The van der Waals surface area contributed by atoms with Crippen LogP contribution >= 0.6 is 0 Å². The monoisotopic (exact) mass is 310 g/mol. The number of hydrogen-bond acceptors (Lipinski definition) is 3. The highest BCUT2D eigenvalue weighted by molar-refractivity contribution is 5.52. The predicted octanol–water partition coefficient (Wildman–Crippen LogP) is 4.67. The van der Waals surface area contributed by atoms with Crippen molar-refractivity contribution in [2.24, 2.45) is 0 Å². The zero-order valence-electron chi connectivity index (χ0n) is 13.5. The Morgan fingerprint density at radius 3 is 2.57 bits per heavy atom. The molecule has 0 fully saturated rings. The topological polar surface area (TPSA) is 49.7 Å². The maximum Gasteiger partial charge on any atom is 0.130 e. The van der Waals surface area contributed by atoms with Gasteiger partial charge in [-0.2, -0.15) is 0 Å². The molecular weight excluding hydrogens is 288 g/mol. The largest absolute Gasteiger partial charge is 0.508 e. The number of aromatic hydroxyl groups is 2. The average Bonchev–Trinajstić information content (AvgIpc) is 2.54. The van der Waals surface area contributed by atoms with Crippen LogP contribution in [-0.4, -0.2) is 10.2 Å². The number of hydrogen-bond donors (Lipinski definition) is 2. The van der Waals surface area contributed by atoms with Crippen molar-refractivity contribution >= 4 is 0 Å². The number of ether oxygens (including phenoxy) is 1. The van der Waals surface area contributed by atoms with Crippen molar-refractivity contribution in [2.75, 3.05) is 0 Å². The highest BCUT2D eigenvalue weighted by Crippen LogP contribution is 2.41. The lowest BCUT2D eigenvalue weighted by molar-refractivity contribution is 0.174. The summed E-state index contributed by atoms with van der Waals surface area (Å²) in [5.74, 6) is 1.35. The fourth-order valence-electron chi connectivity index (χ4n) is 2.92. The lowest BCUT2D eigenvalue weighted by Gasteiger charge is -2.28. The lowest BCUT2D eigenvalue weighted by atomic mass is 9.94. The Bertz CT molecular complexity index is 725. The summed E-state index contributed by atoms with van der Waals surface area (Å²) in [7, 11) is 0. The molecule has 3 heteroatoms. The van der Waals surface area contributed by atoms with Crippen LogP contribution in [0.2, 0.25) is 0 Å². The van der Waals surface area contributed by atoms with Gasteiger partial charge >= 0.3 is 0 Å². The van der Waals surface area contributed by atoms with Crippen LogP contribution in [0.3, 0.4) is 0 Å². The molecule has 3 nitrogen and oxygen atoms in total. The van der Waals surface area contributed by atoms with E-state index in [-0.39, 0.29) is 17.6 Å². The van der Waals surface area contributed by atoms with Crippen molar-refractivity contribution in [1.82, 2.24) is 0 Å². The molecule has 0 unspecified atom stereocenters. The first-order chi connectivity index (χ1) is 11.0. The molecule has 0 amide bonds. The van der Waals surface area contributed by atoms with Crippen LogP contribution in [0.5, 0.6) is 17.2 Å². The molecule has 0 aromatic heterocycles. The van der Waals surface area contributed by atoms with E-state index in [1.54, 1.807) is 18.2 Å². The van der Waals surface area contributed by atoms with E-state index < -0.39 is 0 Å². The second kappa shape index (κ2) is 6.37. The molecule has 0 bridgehead atoms. The summed E-state index contributed by atoms with van der Waals surface area (Å²) in [4.78, 5) is 0. The molecule has 1 aliphatic heterocycles. The molecule has 2 aromatic carbocycles. The molecule has 2 aromatic rings. The number of allylic oxidation sites excluding steroid dienone is 2. The minimum atomic E-state index is -0.0460. The SMILES string of the molecule is CC(C)=CCc1c(O)ccc2c1O[C@H](c1ccc(O)cc1)CC2. The van der Waals surface area contributed by atoms with Gasteiger partial charge in [0.25, 0.3) is 0 Å². The first-order valence-electron chi connectivity index (χ1n) is 7.97. The molecule has 0 saturated heterocycles. The van der Waals surface area contributed by atoms with Gasteiger partial charge in [-0.05, 0) is 62.4 Å². The fraction of sp³-hybridized carbons (Fsp3) is 0.300. The van der Waals surface area contributed by atoms with Crippen LogP contribution in [0.1, 0.15) is 43.1 Å². The third-order valence-electron chi connectivity index (χ3n) is 4.23. The van der Waals surface area contributed by atoms with E-state index in [0.29, 0.717) is 6.42 Å². The molecule has 120 valence electrons. The van der Waals surface area contributed by atoms with Crippen LogP contribution in [0.4, 0.5) is 0 Å². The third kappa shape index (κ3) is 3.34. The predicted molar refractivity (Wildman–Crippen MR) is 91.0 cm³/mol. The van der Waals surface area contributed by atoms with Crippen molar-refractivity contribution in [1.29, 1.82) is 0 Å². The van der Waals surface area contributed by atoms with Crippen LogP contribution in [-0.2, 0) is 12.8 Å². The van der Waals surface area contributed by atoms with E-state index in [0.717, 1.165) is 35.3 Å². The molecule has 0 spiro atoms. The Labute approximate surface area is 136 Å². The highest BCUT2D eigenvalue weighted by atomic mass is 16.5. The molecular formula is C20H22O3. The van der Waals surface area contributed by atoms with E-state index in [4.69, 9.17) is 4.74 Å². The van der Waals surface area contributed by atoms with Gasteiger partial charge in [-0.15, -0.1) is 0 Å². The van der Waals surface area contributed by atoms with Crippen LogP contribution in [0.15, 0.2) is 48.0 Å². The Kier molecular flexibility index (Phi) is 4.28. The molecule has 0 radical (unpaired) electrons. The van der Waals surface area contributed by atoms with Gasteiger partial charge < -0.3 is 14.9 Å². The fourth-order valence-corrected chi connectivity index (χ4v) is 2.92. The van der Waals surface area contributed by atoms with E-state index >= 15 is 0 Å². The number of phenolic OH excluding ortho intramolecular Hbond substituents is 2. The molecule has 23 heavy (non-hydrogen) atoms. The Balaban J connectivity index is 1.93. The molecule has 3 rings (SSSR count). The molecule has 0 aliphatic carbocycles. The van der Waals surface area contributed by atoms with Gasteiger partial charge in [0.15, 0.2) is 0 Å². The van der Waals surface area contributed by atoms with Gasteiger partial charge in [-0.1, -0.05) is 29.8 Å². The maximum absolute atomic E-state index is 10.2. The van der Waals surface area contributed by atoms with Crippen LogP contribution in [0.25, 0.3) is 0 Å². The summed E-state index contributed by atoms with van der Waals surface area (Å²) in [6, 6.07) is 10.9. The first kappa shape index (κ1) is 15.5. The van der Waals surface area contributed by atoms with E-state index in [1.165, 1.54) is 5.57 Å². The summed E-state index contributed by atoms with van der Waals surface area (Å²) in [5, 5.41) is 19.7. The third-order valence-corrected chi connectivity index (χ3v) is 4.23. The van der Waals surface area contributed by atoms with Gasteiger partial charge in [-0.25, -0.2) is 0 Å². The Hall–Kier alpha value is -2.42. The van der Waals surface area contributed by atoms with E-state index in [9.17, 15) is 10.2 Å². The van der Waals surface area contributed by atoms with Gasteiger partial charge in [0.05, 0.1) is 0 Å². The summed E-state index contributed by atoms with van der Waals surface area (Å²) >= 11 is 0. The Morgan fingerprint density at radius 1 is 1.13 bits per heavy atom. The maximum atomic E-state index is 10.2. The van der Waals surface area contributed by atoms with Crippen LogP contribution in [0, 0.1) is 0 Å². The molecule has 1 atom stereocenters. The minimum Gasteiger partial charge on any atom is -0.508 e. The van der Waals surface area contributed by atoms with Gasteiger partial charge in [-0.3, -0.25) is 0 Å². The minimum absolute atomic E-state index is 0.0460. The van der Waals surface area contributed by atoms with E-state index in [2.05, 4.69) is 6.08 Å². The Morgan fingerprint density at radius 2 is 1.87 bits per heavy atom. The number of rotatable bonds is 3. The van der Waals surface area contributed by atoms with Gasteiger partial charge in [0.2, 0.25) is 0 Å². The van der Waals surface area contributed by atoms with Crippen LogP contribution < -0.4 is 4.74 Å². The quantitative estimate of drug-likeness (QED) is 0.810. The first-order valence-corrected chi connectivity index (χ1v) is 7.97. The normalized spacial score (nSPS) is 16.3. The summed E-state index contributed by atoms with van der Waals surface area (Å²) in [6.07, 6.45) is 4.53. The second-order valence-electron chi connectivity index (χ2n) is 6.27. The number of phenols is 2. The summed E-state index contributed by atoms with van der Waals surface area (Å²) in [5.41, 5.74) is 4.26. The zero-order valence-corrected chi connectivity index (χ0v) is 13.5. The second-order valence-corrected chi connectivity index (χ2v) is 6.27. The molecule has 0 saturated carbocycles. The number of aryl methyl sites for hydroxylation is 1. The number of fused-ring (bicyclic) bond motifs is 1. The zero-order chi connectivity index (χ0) is 16.4. The standard InChI is InChI=1S/C20H22O3/c1-13(2)3-10-17-18(22)11-6-15-7-12-19(23-20(15)17)14-4-8-16(21)9-5-14/h3-6,8-9,11,19,21-22H,7,10,12H2,1-2H3/t19-/m0/s1. The lowest BCUT2D eigenvalue weighted by Crippen LogP contribution is -2.16. The molecule has 1 aliphatic rings. The average molecular weight is 310 g/mol. The van der Waals surface area contributed by atoms with E-state index in [1.807, 2.05) is 32.0 Å². The van der Waals surface area contributed by atoms with Crippen molar-refractivity contribution in [3.8, 4) is 17.2 Å². The van der Waals surface area contributed by atoms with Gasteiger partial charge in [0, 0.05) is 5.56 Å².